The van der Waals surface area contributed by atoms with Crippen LogP contribution in [0.3, 0.4) is 0 Å². The van der Waals surface area contributed by atoms with Gasteiger partial charge in [-0.3, -0.25) is 9.10 Å². The Labute approximate surface area is 165 Å². The van der Waals surface area contributed by atoms with Crippen molar-refractivity contribution in [2.24, 2.45) is 0 Å². The predicted molar refractivity (Wildman–Crippen MR) is 108 cm³/mol. The molecular weight excluding hydrogens is 384 g/mol. The highest BCUT2D eigenvalue weighted by atomic mass is 32.2. The number of methoxy groups -OCH3 is 3. The molecule has 0 radical (unpaired) electrons. The van der Waals surface area contributed by atoms with Crippen LogP contribution >= 0.6 is 0 Å². The van der Waals surface area contributed by atoms with Crippen LogP contribution in [0, 0.1) is 0 Å². The number of nitrogens with one attached hydrogen (secondary N) is 1. The number of hydrogen-bond acceptors (Lipinski definition) is 6. The molecule has 2 aromatic carbocycles. The third-order valence-corrected chi connectivity index (χ3v) is 5.31. The first-order valence-corrected chi connectivity index (χ1v) is 10.2. The van der Waals surface area contributed by atoms with Gasteiger partial charge in [-0.15, -0.1) is 0 Å². The molecule has 8 nitrogen and oxygen atoms in total. The number of carbonyl (C=O) groups excluding carboxylic acids is 1. The molecule has 1 amide bonds. The molecule has 0 heterocycles. The average molecular weight is 408 g/mol. The van der Waals surface area contributed by atoms with Crippen LogP contribution in [0.1, 0.15) is 6.92 Å². The Morgan fingerprint density at radius 3 is 2.07 bits per heavy atom. The van der Waals surface area contributed by atoms with Gasteiger partial charge in [0.2, 0.25) is 15.9 Å². The van der Waals surface area contributed by atoms with Crippen molar-refractivity contribution < 1.29 is 27.4 Å². The molecule has 0 saturated heterocycles. The molecule has 0 aromatic heterocycles. The van der Waals surface area contributed by atoms with Gasteiger partial charge in [-0.25, -0.2) is 8.42 Å². The largest absolute Gasteiger partial charge is 0.497 e. The van der Waals surface area contributed by atoms with Crippen LogP contribution in [0.5, 0.6) is 17.2 Å². The quantitative estimate of drug-likeness (QED) is 0.721. The molecule has 1 atom stereocenters. The van der Waals surface area contributed by atoms with Gasteiger partial charge in [0.05, 0.1) is 33.3 Å². The summed E-state index contributed by atoms with van der Waals surface area (Å²) in [5, 5.41) is 2.71. The number of hydrogen-bond donors (Lipinski definition) is 1. The van der Waals surface area contributed by atoms with Crippen LogP contribution in [0.15, 0.2) is 42.5 Å². The number of anilines is 2. The first-order valence-electron chi connectivity index (χ1n) is 8.37. The van der Waals surface area contributed by atoms with E-state index in [0.29, 0.717) is 22.9 Å². The fraction of sp³-hybridized carbons (Fsp3) is 0.316. The first-order chi connectivity index (χ1) is 13.2. The molecule has 0 bridgehead atoms. The second-order valence-electron chi connectivity index (χ2n) is 5.99. The maximum atomic E-state index is 12.7. The van der Waals surface area contributed by atoms with Crippen molar-refractivity contribution >= 4 is 27.3 Å². The smallest absolute Gasteiger partial charge is 0.247 e. The summed E-state index contributed by atoms with van der Waals surface area (Å²) in [6, 6.07) is 10.4. The molecule has 0 saturated carbocycles. The third kappa shape index (κ3) is 4.86. The van der Waals surface area contributed by atoms with E-state index in [4.69, 9.17) is 14.2 Å². The Bertz CT molecular complexity index is 928. The molecule has 0 spiro atoms. The summed E-state index contributed by atoms with van der Waals surface area (Å²) in [7, 11) is 0.724. The topological polar surface area (TPSA) is 94.2 Å². The fourth-order valence-corrected chi connectivity index (χ4v) is 3.86. The fourth-order valence-electron chi connectivity index (χ4n) is 2.69. The van der Waals surface area contributed by atoms with Crippen molar-refractivity contribution in [1.82, 2.24) is 0 Å². The van der Waals surface area contributed by atoms with E-state index < -0.39 is 22.0 Å². The number of rotatable bonds is 8. The minimum Gasteiger partial charge on any atom is -0.497 e. The van der Waals surface area contributed by atoms with Gasteiger partial charge in [-0.05, 0) is 43.3 Å². The Morgan fingerprint density at radius 1 is 0.964 bits per heavy atom. The number of nitrogens with zero attached hydrogens (tertiary/aromatic N) is 1. The second kappa shape index (κ2) is 8.83. The second-order valence-corrected chi connectivity index (χ2v) is 7.85. The van der Waals surface area contributed by atoms with E-state index in [1.165, 1.54) is 27.2 Å². The highest BCUT2D eigenvalue weighted by molar-refractivity contribution is 7.92. The van der Waals surface area contributed by atoms with Crippen LogP contribution in [0.4, 0.5) is 11.4 Å². The van der Waals surface area contributed by atoms with E-state index in [-0.39, 0.29) is 5.69 Å². The van der Waals surface area contributed by atoms with E-state index in [2.05, 4.69) is 5.32 Å². The zero-order valence-corrected chi connectivity index (χ0v) is 17.2. The van der Waals surface area contributed by atoms with Crippen molar-refractivity contribution in [3.63, 3.8) is 0 Å². The lowest BCUT2D eigenvalue weighted by Crippen LogP contribution is -2.45. The maximum absolute atomic E-state index is 12.7. The Kier molecular flexibility index (Phi) is 6.74. The molecule has 9 heteroatoms. The molecule has 28 heavy (non-hydrogen) atoms. The number of sulfonamides is 1. The van der Waals surface area contributed by atoms with E-state index >= 15 is 0 Å². The minimum absolute atomic E-state index is 0.289. The number of ether oxygens (including phenoxy) is 3. The highest BCUT2D eigenvalue weighted by Crippen LogP contribution is 2.33. The summed E-state index contributed by atoms with van der Waals surface area (Å²) in [6.45, 7) is 1.51. The molecule has 0 fully saturated rings. The summed E-state index contributed by atoms with van der Waals surface area (Å²) in [4.78, 5) is 12.7. The molecule has 0 unspecified atom stereocenters. The van der Waals surface area contributed by atoms with Gasteiger partial charge in [0.25, 0.3) is 0 Å². The van der Waals surface area contributed by atoms with Crippen LogP contribution in [0.25, 0.3) is 0 Å². The molecule has 0 aliphatic carbocycles. The molecular formula is C19H24N2O6S. The summed E-state index contributed by atoms with van der Waals surface area (Å²) >= 11 is 0. The Hall–Kier alpha value is -2.94. The molecule has 0 aliphatic rings. The van der Waals surface area contributed by atoms with E-state index in [1.54, 1.807) is 43.5 Å². The zero-order chi connectivity index (χ0) is 20.9. The van der Waals surface area contributed by atoms with Crippen LogP contribution in [-0.4, -0.2) is 48.0 Å². The van der Waals surface area contributed by atoms with Gasteiger partial charge in [-0.1, -0.05) is 0 Å². The molecule has 2 aromatic rings. The van der Waals surface area contributed by atoms with Crippen LogP contribution in [-0.2, 0) is 14.8 Å². The van der Waals surface area contributed by atoms with Gasteiger partial charge in [0.1, 0.15) is 11.8 Å². The van der Waals surface area contributed by atoms with Gasteiger partial charge in [-0.2, -0.15) is 0 Å². The minimum atomic E-state index is -3.75. The summed E-state index contributed by atoms with van der Waals surface area (Å²) in [5.74, 6) is 0.978. The Balaban J connectivity index is 2.33. The molecule has 152 valence electrons. The van der Waals surface area contributed by atoms with Crippen molar-refractivity contribution in [2.75, 3.05) is 37.2 Å². The number of benzene rings is 2. The normalized spacial score (nSPS) is 12.0. The van der Waals surface area contributed by atoms with Gasteiger partial charge in [0, 0.05) is 11.8 Å². The number of carbonyl (C=O) groups is 1. The Morgan fingerprint density at radius 2 is 1.57 bits per heavy atom. The predicted octanol–water partition coefficient (Wildman–Crippen LogP) is 2.51. The zero-order valence-electron chi connectivity index (χ0n) is 16.4. The average Bonchev–Trinajstić information content (AvgIpc) is 2.67. The standard InChI is InChI=1S/C19H24N2O6S/c1-13(19(22)20-14-6-9-16(25-2)10-7-14)21(28(5,23)24)15-8-11-17(26-3)18(12-15)27-4/h6-13H,1-5H3,(H,20,22)/t13-/m1/s1. The highest BCUT2D eigenvalue weighted by Gasteiger charge is 2.30. The molecule has 1 N–H and O–H groups in total. The first kappa shape index (κ1) is 21.4. The SMILES string of the molecule is COc1ccc(NC(=O)[C@@H](C)N(c2ccc(OC)c(OC)c2)S(C)(=O)=O)cc1. The lowest BCUT2D eigenvalue weighted by Gasteiger charge is -2.28. The van der Waals surface area contributed by atoms with E-state index in [0.717, 1.165) is 10.6 Å². The molecule has 2 rings (SSSR count). The van der Waals surface area contributed by atoms with Crippen molar-refractivity contribution in [3.05, 3.63) is 42.5 Å². The van der Waals surface area contributed by atoms with E-state index in [1.807, 2.05) is 0 Å². The van der Waals surface area contributed by atoms with Crippen molar-refractivity contribution in [3.8, 4) is 17.2 Å². The lowest BCUT2D eigenvalue weighted by molar-refractivity contribution is -0.116. The van der Waals surface area contributed by atoms with Gasteiger partial charge in [0.15, 0.2) is 11.5 Å². The van der Waals surface area contributed by atoms with Gasteiger partial charge < -0.3 is 19.5 Å². The van der Waals surface area contributed by atoms with Crippen molar-refractivity contribution in [2.45, 2.75) is 13.0 Å². The maximum Gasteiger partial charge on any atom is 0.247 e. The van der Waals surface area contributed by atoms with Gasteiger partial charge >= 0.3 is 0 Å². The summed E-state index contributed by atoms with van der Waals surface area (Å²) < 4.78 is 41.4. The third-order valence-electron chi connectivity index (χ3n) is 4.07. The van der Waals surface area contributed by atoms with E-state index in [9.17, 15) is 13.2 Å². The summed E-state index contributed by atoms with van der Waals surface area (Å²) in [5.41, 5.74) is 0.816. The number of amides is 1. The lowest BCUT2D eigenvalue weighted by atomic mass is 10.2. The van der Waals surface area contributed by atoms with Crippen molar-refractivity contribution in [1.29, 1.82) is 0 Å². The van der Waals surface area contributed by atoms with Crippen LogP contribution in [0.2, 0.25) is 0 Å². The summed E-state index contributed by atoms with van der Waals surface area (Å²) in [6.07, 6.45) is 1.04. The molecule has 0 aliphatic heterocycles. The monoisotopic (exact) mass is 408 g/mol. The van der Waals surface area contributed by atoms with Crippen LogP contribution < -0.4 is 23.8 Å².